The van der Waals surface area contributed by atoms with Crippen LogP contribution in [0.15, 0.2) is 25.6 Å². The van der Waals surface area contributed by atoms with Crippen molar-refractivity contribution < 1.29 is 0 Å². The van der Waals surface area contributed by atoms with Crippen LogP contribution in [0.5, 0.6) is 0 Å². The summed E-state index contributed by atoms with van der Waals surface area (Å²) in [7, 11) is 0. The Morgan fingerprint density at radius 1 is 1.21 bits per heavy atom. The van der Waals surface area contributed by atoms with Crippen molar-refractivity contribution in [2.24, 2.45) is 0 Å². The highest BCUT2D eigenvalue weighted by molar-refractivity contribution is 9.11. The second-order valence-corrected chi connectivity index (χ2v) is 6.53. The molecule has 2 rings (SSSR count). The number of halogens is 3. The molecule has 0 aliphatic heterocycles. The number of nitrogens with zero attached hydrogens (tertiary/aromatic N) is 4. The van der Waals surface area contributed by atoms with Crippen LogP contribution in [0.25, 0.3) is 5.69 Å². The van der Waals surface area contributed by atoms with Gasteiger partial charge in [0, 0.05) is 13.4 Å². The Balaban J connectivity index is 2.35. The Hall–Kier alpha value is -0.310. The lowest BCUT2D eigenvalue weighted by atomic mass is 10.3. The van der Waals surface area contributed by atoms with Crippen molar-refractivity contribution in [2.75, 3.05) is 6.54 Å². The number of nitrogens with one attached hydrogen (secondary N) is 1. The predicted molar refractivity (Wildman–Crippen MR) is 84.3 cm³/mol. The average Bonchev–Trinajstić information content (AvgIpc) is 2.76. The zero-order valence-electron chi connectivity index (χ0n) is 10.2. The quantitative estimate of drug-likeness (QED) is 0.704. The summed E-state index contributed by atoms with van der Waals surface area (Å²) >= 11 is 10.5. The molecule has 2 aromatic rings. The van der Waals surface area contributed by atoms with Crippen molar-refractivity contribution in [3.05, 3.63) is 31.4 Å². The van der Waals surface area contributed by atoms with Gasteiger partial charge in [-0.15, -0.1) is 5.10 Å². The number of hydrogen-bond acceptors (Lipinski definition) is 4. The predicted octanol–water partition coefficient (Wildman–Crippen LogP) is 3.45. The number of tetrazole rings is 1. The molecule has 1 heterocycles. The topological polar surface area (TPSA) is 55.6 Å². The van der Waals surface area contributed by atoms with Gasteiger partial charge in [-0.2, -0.15) is 4.68 Å². The van der Waals surface area contributed by atoms with Gasteiger partial charge in [-0.05, 0) is 67.4 Å². The maximum Gasteiger partial charge on any atom is 0.170 e. The molecule has 1 aromatic carbocycles. The normalized spacial score (nSPS) is 10.9. The molecule has 0 atom stereocenters. The Bertz CT molecular complexity index is 546. The van der Waals surface area contributed by atoms with E-state index >= 15 is 0 Å². The van der Waals surface area contributed by atoms with E-state index in [2.05, 4.69) is 75.6 Å². The summed E-state index contributed by atoms with van der Waals surface area (Å²) in [6, 6.07) is 3.93. The monoisotopic (exact) mass is 451 g/mol. The van der Waals surface area contributed by atoms with E-state index in [0.29, 0.717) is 6.54 Å². The fourth-order valence-corrected chi connectivity index (χ4v) is 4.20. The zero-order chi connectivity index (χ0) is 13.8. The summed E-state index contributed by atoms with van der Waals surface area (Å²) in [5, 5.41) is 15.2. The van der Waals surface area contributed by atoms with Gasteiger partial charge in [-0.25, -0.2) is 0 Å². The van der Waals surface area contributed by atoms with Crippen molar-refractivity contribution in [3.8, 4) is 5.69 Å². The minimum absolute atomic E-state index is 0.635. The first-order chi connectivity index (χ1) is 9.13. The molecule has 0 unspecified atom stereocenters. The molecular weight excluding hydrogens is 442 g/mol. The molecule has 0 aliphatic rings. The van der Waals surface area contributed by atoms with Crippen molar-refractivity contribution >= 4 is 47.8 Å². The highest BCUT2D eigenvalue weighted by Crippen LogP contribution is 2.32. The van der Waals surface area contributed by atoms with E-state index in [1.54, 1.807) is 4.68 Å². The molecule has 0 saturated carbocycles. The summed E-state index contributed by atoms with van der Waals surface area (Å²) in [6.45, 7) is 3.70. The van der Waals surface area contributed by atoms with Crippen LogP contribution >= 0.6 is 47.8 Å². The lowest BCUT2D eigenvalue weighted by Crippen LogP contribution is -2.18. The van der Waals surface area contributed by atoms with Gasteiger partial charge in [-0.3, -0.25) is 0 Å². The third-order valence-corrected chi connectivity index (χ3v) is 4.10. The molecule has 1 aromatic heterocycles. The third kappa shape index (κ3) is 3.62. The van der Waals surface area contributed by atoms with Crippen molar-refractivity contribution in [2.45, 2.75) is 19.9 Å². The Labute approximate surface area is 136 Å². The molecule has 0 spiro atoms. The molecule has 0 bridgehead atoms. The van der Waals surface area contributed by atoms with Crippen molar-refractivity contribution in [1.29, 1.82) is 0 Å². The second kappa shape index (κ2) is 6.92. The SMILES string of the molecule is CCCNCc1nnnn1-c1c(Br)cc(Br)cc1Br. The Kier molecular flexibility index (Phi) is 5.49. The molecule has 0 saturated heterocycles. The van der Waals surface area contributed by atoms with Crippen molar-refractivity contribution in [3.63, 3.8) is 0 Å². The lowest BCUT2D eigenvalue weighted by Gasteiger charge is -2.10. The third-order valence-electron chi connectivity index (χ3n) is 2.44. The van der Waals surface area contributed by atoms with E-state index in [0.717, 1.165) is 37.9 Å². The number of hydrogen-bond donors (Lipinski definition) is 1. The van der Waals surface area contributed by atoms with Gasteiger partial charge in [0.15, 0.2) is 5.82 Å². The molecule has 0 amide bonds. The summed E-state index contributed by atoms with van der Waals surface area (Å²) < 4.78 is 4.54. The fraction of sp³-hybridized carbons (Fsp3) is 0.364. The molecule has 5 nitrogen and oxygen atoms in total. The first kappa shape index (κ1) is 15.1. The molecule has 8 heteroatoms. The minimum atomic E-state index is 0.635. The van der Waals surface area contributed by atoms with Crippen LogP contribution in [-0.2, 0) is 6.54 Å². The largest absolute Gasteiger partial charge is 0.310 e. The number of aromatic nitrogens is 4. The summed E-state index contributed by atoms with van der Waals surface area (Å²) in [5.74, 6) is 0.775. The highest BCUT2D eigenvalue weighted by Gasteiger charge is 2.14. The van der Waals surface area contributed by atoms with Crippen LogP contribution in [-0.4, -0.2) is 26.8 Å². The number of benzene rings is 1. The van der Waals surface area contributed by atoms with Gasteiger partial charge in [0.2, 0.25) is 0 Å². The Morgan fingerprint density at radius 2 is 1.89 bits per heavy atom. The van der Waals surface area contributed by atoms with Gasteiger partial charge in [0.1, 0.15) is 0 Å². The second-order valence-electron chi connectivity index (χ2n) is 3.90. The van der Waals surface area contributed by atoms with Gasteiger partial charge in [-0.1, -0.05) is 22.9 Å². The maximum atomic E-state index is 4.06. The van der Waals surface area contributed by atoms with Crippen LogP contribution in [0.4, 0.5) is 0 Å². The maximum absolute atomic E-state index is 4.06. The van der Waals surface area contributed by atoms with E-state index in [1.165, 1.54) is 0 Å². The molecule has 0 radical (unpaired) electrons. The molecule has 0 aliphatic carbocycles. The van der Waals surface area contributed by atoms with Crippen LogP contribution in [0, 0.1) is 0 Å². The van der Waals surface area contributed by atoms with Gasteiger partial charge in [0.05, 0.1) is 12.2 Å². The smallest absolute Gasteiger partial charge is 0.170 e. The molecular formula is C11H12Br3N5. The summed E-state index contributed by atoms with van der Waals surface area (Å²) in [4.78, 5) is 0. The zero-order valence-corrected chi connectivity index (χ0v) is 15.0. The Morgan fingerprint density at radius 3 is 2.53 bits per heavy atom. The van der Waals surface area contributed by atoms with Crippen LogP contribution in [0.1, 0.15) is 19.2 Å². The van der Waals surface area contributed by atoms with E-state index in [9.17, 15) is 0 Å². The van der Waals surface area contributed by atoms with Crippen LogP contribution < -0.4 is 5.32 Å². The molecule has 0 fully saturated rings. The summed E-state index contributed by atoms with van der Waals surface area (Å²) in [5.41, 5.74) is 0.890. The van der Waals surface area contributed by atoms with E-state index in [4.69, 9.17) is 0 Å². The van der Waals surface area contributed by atoms with Gasteiger partial charge >= 0.3 is 0 Å². The molecule has 1 N–H and O–H groups in total. The van der Waals surface area contributed by atoms with Gasteiger partial charge < -0.3 is 5.32 Å². The van der Waals surface area contributed by atoms with Crippen molar-refractivity contribution in [1.82, 2.24) is 25.5 Å². The van der Waals surface area contributed by atoms with Crippen LogP contribution in [0.2, 0.25) is 0 Å². The minimum Gasteiger partial charge on any atom is -0.310 e. The molecule has 19 heavy (non-hydrogen) atoms. The summed E-state index contributed by atoms with van der Waals surface area (Å²) in [6.07, 6.45) is 1.08. The average molecular weight is 454 g/mol. The van der Waals surface area contributed by atoms with Crippen LogP contribution in [0.3, 0.4) is 0 Å². The standard InChI is InChI=1S/C11H12Br3N5/c1-2-3-15-6-10-16-17-18-19(10)11-8(13)4-7(12)5-9(11)14/h4-5,15H,2-3,6H2,1H3. The van der Waals surface area contributed by atoms with E-state index < -0.39 is 0 Å². The first-order valence-corrected chi connectivity index (χ1v) is 8.14. The van der Waals surface area contributed by atoms with E-state index in [1.807, 2.05) is 12.1 Å². The van der Waals surface area contributed by atoms with E-state index in [-0.39, 0.29) is 0 Å². The highest BCUT2D eigenvalue weighted by atomic mass is 79.9. The first-order valence-electron chi connectivity index (χ1n) is 5.76. The lowest BCUT2D eigenvalue weighted by molar-refractivity contribution is 0.632. The number of rotatable bonds is 5. The fourth-order valence-electron chi connectivity index (χ4n) is 1.60. The molecule has 102 valence electrons. The van der Waals surface area contributed by atoms with Gasteiger partial charge in [0.25, 0.3) is 0 Å².